The molecule has 0 heterocycles. The van der Waals surface area contributed by atoms with E-state index in [0.29, 0.717) is 13.1 Å². The normalized spacial score (nSPS) is 10.3. The highest BCUT2D eigenvalue weighted by molar-refractivity contribution is 9.10. The first-order valence-corrected chi connectivity index (χ1v) is 6.94. The van der Waals surface area contributed by atoms with Crippen LogP contribution in [0.2, 0.25) is 0 Å². The van der Waals surface area contributed by atoms with Crippen LogP contribution >= 0.6 is 15.9 Å². The molecule has 2 aromatic carbocycles. The fraction of sp³-hybridized carbons (Fsp3) is 0.133. The quantitative estimate of drug-likeness (QED) is 0.804. The Labute approximate surface area is 125 Å². The number of nitrogens with one attached hydrogen (secondary N) is 1. The largest absolute Gasteiger partial charge is 0.507 e. The van der Waals surface area contributed by atoms with Crippen molar-refractivity contribution in [3.05, 3.63) is 63.6 Å². The van der Waals surface area contributed by atoms with Crippen LogP contribution in [-0.2, 0) is 13.1 Å². The number of amides is 1. The Morgan fingerprint density at radius 1 is 1.20 bits per heavy atom. The van der Waals surface area contributed by atoms with Crippen molar-refractivity contribution in [2.45, 2.75) is 13.1 Å². The fourth-order valence-electron chi connectivity index (χ4n) is 1.90. The Balaban J connectivity index is 2.09. The van der Waals surface area contributed by atoms with Gasteiger partial charge < -0.3 is 16.2 Å². The minimum absolute atomic E-state index is 0.0519. The zero-order chi connectivity index (χ0) is 14.5. The highest BCUT2D eigenvalue weighted by Crippen LogP contribution is 2.22. The molecule has 0 aliphatic rings. The topological polar surface area (TPSA) is 75.3 Å². The number of carbonyl (C=O) groups excluding carboxylic acids is 1. The van der Waals surface area contributed by atoms with E-state index in [2.05, 4.69) is 21.2 Å². The Bertz CT molecular complexity index is 629. The molecular weight excluding hydrogens is 320 g/mol. The molecule has 0 saturated heterocycles. The lowest BCUT2D eigenvalue weighted by Gasteiger charge is -2.10. The second-order valence-corrected chi connectivity index (χ2v) is 5.23. The van der Waals surface area contributed by atoms with Crippen molar-refractivity contribution in [3.8, 4) is 5.75 Å². The third kappa shape index (κ3) is 3.37. The molecule has 0 atom stereocenters. The van der Waals surface area contributed by atoms with E-state index in [0.717, 1.165) is 15.6 Å². The summed E-state index contributed by atoms with van der Waals surface area (Å²) in [6.45, 7) is 0.803. The van der Waals surface area contributed by atoms with Gasteiger partial charge in [0.1, 0.15) is 5.75 Å². The van der Waals surface area contributed by atoms with Gasteiger partial charge in [-0.3, -0.25) is 4.79 Å². The molecule has 0 radical (unpaired) electrons. The number of rotatable bonds is 4. The molecule has 2 aromatic rings. The lowest BCUT2D eigenvalue weighted by Crippen LogP contribution is -2.23. The Kier molecular flexibility index (Phi) is 4.76. The maximum Gasteiger partial charge on any atom is 0.255 e. The molecule has 0 aromatic heterocycles. The van der Waals surface area contributed by atoms with Crippen LogP contribution in [0, 0.1) is 0 Å². The molecule has 0 aliphatic carbocycles. The van der Waals surface area contributed by atoms with E-state index in [1.807, 2.05) is 24.3 Å². The highest BCUT2D eigenvalue weighted by Gasteiger charge is 2.11. The molecule has 4 nitrogen and oxygen atoms in total. The molecule has 0 spiro atoms. The Morgan fingerprint density at radius 3 is 2.55 bits per heavy atom. The number of aromatic hydroxyl groups is 1. The van der Waals surface area contributed by atoms with Gasteiger partial charge in [-0.15, -0.1) is 0 Å². The highest BCUT2D eigenvalue weighted by atomic mass is 79.9. The minimum atomic E-state index is -0.318. The smallest absolute Gasteiger partial charge is 0.255 e. The van der Waals surface area contributed by atoms with Gasteiger partial charge in [-0.25, -0.2) is 0 Å². The average Bonchev–Trinajstić information content (AvgIpc) is 2.45. The predicted octanol–water partition coefficient (Wildman–Crippen LogP) is 2.54. The molecule has 0 saturated carbocycles. The number of phenols is 1. The maximum absolute atomic E-state index is 12.0. The van der Waals surface area contributed by atoms with Gasteiger partial charge in [-0.05, 0) is 29.3 Å². The van der Waals surface area contributed by atoms with Gasteiger partial charge in [0.05, 0.1) is 5.56 Å². The van der Waals surface area contributed by atoms with Crippen molar-refractivity contribution >= 4 is 21.8 Å². The standard InChI is InChI=1S/C15H15BrN2O2/c16-12-5-6-13(14(19)7-12)15(20)18-9-11-4-2-1-3-10(11)8-17/h1-7,19H,8-9,17H2,(H,18,20). The van der Waals surface area contributed by atoms with Gasteiger partial charge in [0.2, 0.25) is 0 Å². The maximum atomic E-state index is 12.0. The summed E-state index contributed by atoms with van der Waals surface area (Å²) in [5, 5.41) is 12.5. The molecule has 5 heteroatoms. The lowest BCUT2D eigenvalue weighted by molar-refractivity contribution is 0.0948. The van der Waals surface area contributed by atoms with E-state index in [4.69, 9.17) is 5.73 Å². The fourth-order valence-corrected chi connectivity index (χ4v) is 2.25. The number of benzene rings is 2. The van der Waals surface area contributed by atoms with E-state index in [-0.39, 0.29) is 17.2 Å². The lowest BCUT2D eigenvalue weighted by atomic mass is 10.1. The molecule has 0 bridgehead atoms. The Morgan fingerprint density at radius 2 is 1.90 bits per heavy atom. The molecule has 2 rings (SSSR count). The summed E-state index contributed by atoms with van der Waals surface area (Å²) in [5.74, 6) is -0.370. The molecule has 0 aliphatic heterocycles. The van der Waals surface area contributed by atoms with Crippen molar-refractivity contribution in [1.82, 2.24) is 5.32 Å². The van der Waals surface area contributed by atoms with Gasteiger partial charge in [0, 0.05) is 17.6 Å². The SMILES string of the molecule is NCc1ccccc1CNC(=O)c1ccc(Br)cc1O. The first-order chi connectivity index (χ1) is 9.61. The third-order valence-electron chi connectivity index (χ3n) is 2.98. The molecule has 0 unspecified atom stereocenters. The van der Waals surface area contributed by atoms with Gasteiger partial charge in [-0.2, -0.15) is 0 Å². The van der Waals surface area contributed by atoms with Crippen molar-refractivity contribution < 1.29 is 9.90 Å². The van der Waals surface area contributed by atoms with E-state index < -0.39 is 0 Å². The number of hydrogen-bond donors (Lipinski definition) is 3. The Hall–Kier alpha value is -1.85. The van der Waals surface area contributed by atoms with Crippen LogP contribution in [0.15, 0.2) is 46.9 Å². The summed E-state index contributed by atoms with van der Waals surface area (Å²) in [7, 11) is 0. The minimum Gasteiger partial charge on any atom is -0.507 e. The van der Waals surface area contributed by atoms with E-state index >= 15 is 0 Å². The number of phenolic OH excluding ortho intramolecular Hbond substituents is 1. The van der Waals surface area contributed by atoms with Crippen molar-refractivity contribution in [3.63, 3.8) is 0 Å². The molecule has 4 N–H and O–H groups in total. The first-order valence-electron chi connectivity index (χ1n) is 6.15. The van der Waals surface area contributed by atoms with Crippen LogP contribution in [-0.4, -0.2) is 11.0 Å². The van der Waals surface area contributed by atoms with Gasteiger partial charge in [0.15, 0.2) is 0 Å². The van der Waals surface area contributed by atoms with Crippen LogP contribution in [0.25, 0.3) is 0 Å². The zero-order valence-corrected chi connectivity index (χ0v) is 12.4. The van der Waals surface area contributed by atoms with Gasteiger partial charge in [-0.1, -0.05) is 40.2 Å². The van der Waals surface area contributed by atoms with Crippen LogP contribution in [0.3, 0.4) is 0 Å². The van der Waals surface area contributed by atoms with E-state index in [1.54, 1.807) is 12.1 Å². The van der Waals surface area contributed by atoms with Crippen LogP contribution in [0.5, 0.6) is 5.75 Å². The average molecular weight is 335 g/mol. The number of hydrogen-bond acceptors (Lipinski definition) is 3. The number of halogens is 1. The predicted molar refractivity (Wildman–Crippen MR) is 81.3 cm³/mol. The summed E-state index contributed by atoms with van der Waals surface area (Å²) >= 11 is 3.23. The van der Waals surface area contributed by atoms with Crippen LogP contribution in [0.4, 0.5) is 0 Å². The van der Waals surface area contributed by atoms with Crippen LogP contribution < -0.4 is 11.1 Å². The van der Waals surface area contributed by atoms with Gasteiger partial charge in [0.25, 0.3) is 5.91 Å². The van der Waals surface area contributed by atoms with Crippen LogP contribution in [0.1, 0.15) is 21.5 Å². The van der Waals surface area contributed by atoms with Crippen molar-refractivity contribution in [2.75, 3.05) is 0 Å². The third-order valence-corrected chi connectivity index (χ3v) is 3.48. The monoisotopic (exact) mass is 334 g/mol. The van der Waals surface area contributed by atoms with E-state index in [9.17, 15) is 9.90 Å². The molecular formula is C15H15BrN2O2. The second-order valence-electron chi connectivity index (χ2n) is 4.32. The number of nitrogens with two attached hydrogens (primary N) is 1. The first kappa shape index (κ1) is 14.6. The summed E-state index contributed by atoms with van der Waals surface area (Å²) in [4.78, 5) is 12.0. The van der Waals surface area contributed by atoms with Gasteiger partial charge >= 0.3 is 0 Å². The summed E-state index contributed by atoms with van der Waals surface area (Å²) in [6, 6.07) is 12.4. The summed E-state index contributed by atoms with van der Waals surface area (Å²) in [5.41, 5.74) is 7.87. The zero-order valence-electron chi connectivity index (χ0n) is 10.8. The number of carbonyl (C=O) groups is 1. The molecule has 1 amide bonds. The van der Waals surface area contributed by atoms with Crippen molar-refractivity contribution in [1.29, 1.82) is 0 Å². The molecule has 20 heavy (non-hydrogen) atoms. The van der Waals surface area contributed by atoms with Crippen molar-refractivity contribution in [2.24, 2.45) is 5.73 Å². The molecule has 104 valence electrons. The van der Waals surface area contributed by atoms with E-state index in [1.165, 1.54) is 6.07 Å². The summed E-state index contributed by atoms with van der Waals surface area (Å²) < 4.78 is 0.722. The summed E-state index contributed by atoms with van der Waals surface area (Å²) in [6.07, 6.45) is 0. The second kappa shape index (κ2) is 6.54. The molecule has 0 fully saturated rings.